The van der Waals surface area contributed by atoms with Crippen LogP contribution in [0.25, 0.3) is 0 Å². The normalized spacial score (nSPS) is 9.38. The maximum absolute atomic E-state index is 9.55. The van der Waals surface area contributed by atoms with E-state index in [1.165, 1.54) is 0 Å². The van der Waals surface area contributed by atoms with Gasteiger partial charge in [0.25, 0.3) is 0 Å². The molecule has 8 heavy (non-hydrogen) atoms. The summed E-state index contributed by atoms with van der Waals surface area (Å²) in [4.78, 5) is 9.55. The number of nitrogens with one attached hydrogen (secondary N) is 1. The lowest BCUT2D eigenvalue weighted by Crippen LogP contribution is -2.13. The van der Waals surface area contributed by atoms with Gasteiger partial charge in [0, 0.05) is 6.54 Å². The zero-order valence-corrected chi connectivity index (χ0v) is 5.40. The van der Waals surface area contributed by atoms with Crippen molar-refractivity contribution in [3.8, 4) is 0 Å². The lowest BCUT2D eigenvalue weighted by atomic mass is 10.1. The van der Waals surface area contributed by atoms with Gasteiger partial charge in [0.05, 0.1) is 0 Å². The number of rotatable bonds is 4. The first-order valence-electron chi connectivity index (χ1n) is 2.87. The van der Waals surface area contributed by atoms with E-state index in [1.807, 2.05) is 0 Å². The second-order valence-electron chi connectivity index (χ2n) is 2.21. The average Bonchev–Trinajstić information content (AvgIpc) is 1.66. The predicted molar refractivity (Wildman–Crippen MR) is 33.2 cm³/mol. The van der Waals surface area contributed by atoms with Crippen molar-refractivity contribution in [1.29, 1.82) is 0 Å². The Bertz CT molecular complexity index is 61.5. The van der Waals surface area contributed by atoms with Crippen LogP contribution in [0.3, 0.4) is 0 Å². The molecule has 0 aromatic carbocycles. The lowest BCUT2D eigenvalue weighted by molar-refractivity contribution is 0.525. The van der Waals surface area contributed by atoms with Gasteiger partial charge < -0.3 is 5.32 Å². The van der Waals surface area contributed by atoms with Gasteiger partial charge in [-0.05, 0) is 12.3 Å². The first-order chi connectivity index (χ1) is 3.77. The Morgan fingerprint density at radius 3 is 2.62 bits per heavy atom. The molecule has 1 radical (unpaired) electrons. The summed E-state index contributed by atoms with van der Waals surface area (Å²) in [6.07, 6.45) is 2.66. The van der Waals surface area contributed by atoms with Crippen LogP contribution in [0.2, 0.25) is 0 Å². The molecule has 0 unspecified atom stereocenters. The highest BCUT2D eigenvalue weighted by Gasteiger charge is 1.89. The molecule has 1 N–H and O–H groups in total. The second kappa shape index (κ2) is 4.62. The van der Waals surface area contributed by atoms with Gasteiger partial charge in [0.2, 0.25) is 0 Å². The van der Waals surface area contributed by atoms with Crippen molar-refractivity contribution < 1.29 is 4.79 Å². The summed E-state index contributed by atoms with van der Waals surface area (Å²) in [5.74, 6) is 0.663. The SMILES string of the molecule is CC(C)CCN[C]=O. The molecule has 0 rings (SSSR count). The van der Waals surface area contributed by atoms with Gasteiger partial charge in [0.15, 0.2) is 0 Å². The number of amides is 1. The van der Waals surface area contributed by atoms with E-state index in [0.29, 0.717) is 5.92 Å². The minimum Gasteiger partial charge on any atom is -0.348 e. The molecule has 0 heterocycles. The molecule has 2 heteroatoms. The highest BCUT2D eigenvalue weighted by molar-refractivity contribution is 5.46. The van der Waals surface area contributed by atoms with Crippen molar-refractivity contribution in [1.82, 2.24) is 5.32 Å². The molecule has 0 spiro atoms. The summed E-state index contributed by atoms with van der Waals surface area (Å²) in [5.41, 5.74) is 0. The molecule has 0 aliphatic carbocycles. The number of carbonyl (C=O) groups excluding carboxylic acids is 1. The molecule has 0 aromatic heterocycles. The summed E-state index contributed by atoms with van der Waals surface area (Å²) in [5, 5.41) is 2.47. The summed E-state index contributed by atoms with van der Waals surface area (Å²) < 4.78 is 0. The van der Waals surface area contributed by atoms with Crippen molar-refractivity contribution in [2.75, 3.05) is 6.54 Å². The van der Waals surface area contributed by atoms with E-state index in [9.17, 15) is 4.79 Å². The molecule has 0 atom stereocenters. The van der Waals surface area contributed by atoms with E-state index in [-0.39, 0.29) is 0 Å². The van der Waals surface area contributed by atoms with Gasteiger partial charge in [-0.1, -0.05) is 13.8 Å². The van der Waals surface area contributed by atoms with Crippen molar-refractivity contribution >= 4 is 6.41 Å². The molecule has 0 aliphatic rings. The van der Waals surface area contributed by atoms with Gasteiger partial charge in [-0.15, -0.1) is 0 Å². The largest absolute Gasteiger partial charge is 0.348 e. The van der Waals surface area contributed by atoms with Crippen molar-refractivity contribution in [3.63, 3.8) is 0 Å². The highest BCUT2D eigenvalue weighted by atomic mass is 16.1. The first kappa shape index (κ1) is 7.47. The van der Waals surface area contributed by atoms with Gasteiger partial charge in [0.1, 0.15) is 0 Å². The van der Waals surface area contributed by atoms with Crippen LogP contribution in [0.1, 0.15) is 20.3 Å². The van der Waals surface area contributed by atoms with E-state index >= 15 is 0 Å². The molecule has 0 fully saturated rings. The Balaban J connectivity index is 2.81. The fraction of sp³-hybridized carbons (Fsp3) is 0.833. The van der Waals surface area contributed by atoms with E-state index in [4.69, 9.17) is 0 Å². The molecule has 0 bridgehead atoms. The fourth-order valence-corrected chi connectivity index (χ4v) is 0.412. The maximum Gasteiger partial charge on any atom is 0.309 e. The van der Waals surface area contributed by atoms with Crippen molar-refractivity contribution in [3.05, 3.63) is 0 Å². The molecule has 0 aromatic rings. The molecule has 1 amide bonds. The second-order valence-corrected chi connectivity index (χ2v) is 2.21. The Kier molecular flexibility index (Phi) is 4.32. The molecular weight excluding hydrogens is 102 g/mol. The van der Waals surface area contributed by atoms with Crippen LogP contribution in [0.5, 0.6) is 0 Å². The molecular formula is C6H12NO. The summed E-state index contributed by atoms with van der Waals surface area (Å²) in [6, 6.07) is 0. The first-order valence-corrected chi connectivity index (χ1v) is 2.87. The van der Waals surface area contributed by atoms with Crippen LogP contribution in [-0.2, 0) is 4.79 Å². The highest BCUT2D eigenvalue weighted by Crippen LogP contribution is 1.95. The van der Waals surface area contributed by atoms with Crippen LogP contribution in [-0.4, -0.2) is 13.0 Å². The van der Waals surface area contributed by atoms with Crippen LogP contribution >= 0.6 is 0 Å². The van der Waals surface area contributed by atoms with Gasteiger partial charge in [-0.2, -0.15) is 0 Å². The van der Waals surface area contributed by atoms with E-state index in [1.54, 1.807) is 6.41 Å². The number of hydrogen-bond donors (Lipinski definition) is 1. The molecule has 0 saturated carbocycles. The van der Waals surface area contributed by atoms with Crippen LogP contribution in [0, 0.1) is 5.92 Å². The van der Waals surface area contributed by atoms with E-state index < -0.39 is 0 Å². The Morgan fingerprint density at radius 2 is 2.25 bits per heavy atom. The molecule has 47 valence electrons. The third-order valence-electron chi connectivity index (χ3n) is 0.919. The average molecular weight is 114 g/mol. The monoisotopic (exact) mass is 114 g/mol. The van der Waals surface area contributed by atoms with Crippen molar-refractivity contribution in [2.24, 2.45) is 5.92 Å². The quantitative estimate of drug-likeness (QED) is 0.423. The Hall–Kier alpha value is -0.530. The van der Waals surface area contributed by atoms with Gasteiger partial charge in [-0.25, -0.2) is 0 Å². The predicted octanol–water partition coefficient (Wildman–Crippen LogP) is 0.689. The zero-order valence-electron chi connectivity index (χ0n) is 5.40. The van der Waals surface area contributed by atoms with Crippen LogP contribution in [0.15, 0.2) is 0 Å². The minimum absolute atomic E-state index is 0.663. The zero-order chi connectivity index (χ0) is 6.41. The maximum atomic E-state index is 9.55. The van der Waals surface area contributed by atoms with Gasteiger partial charge in [-0.3, -0.25) is 4.79 Å². The van der Waals surface area contributed by atoms with Crippen LogP contribution < -0.4 is 5.32 Å². The van der Waals surface area contributed by atoms with E-state index in [2.05, 4.69) is 19.2 Å². The third-order valence-corrected chi connectivity index (χ3v) is 0.919. The van der Waals surface area contributed by atoms with Crippen LogP contribution in [0.4, 0.5) is 0 Å². The topological polar surface area (TPSA) is 29.1 Å². The molecule has 2 nitrogen and oxygen atoms in total. The van der Waals surface area contributed by atoms with Crippen molar-refractivity contribution in [2.45, 2.75) is 20.3 Å². The molecule has 0 saturated heterocycles. The summed E-state index contributed by atoms with van der Waals surface area (Å²) in [7, 11) is 0. The number of hydrogen-bond acceptors (Lipinski definition) is 1. The lowest BCUT2D eigenvalue weighted by Gasteiger charge is -2.00. The fourth-order valence-electron chi connectivity index (χ4n) is 0.412. The summed E-state index contributed by atoms with van der Waals surface area (Å²) in [6.45, 7) is 4.99. The Morgan fingerprint density at radius 1 is 1.62 bits per heavy atom. The third kappa shape index (κ3) is 5.47. The smallest absolute Gasteiger partial charge is 0.309 e. The van der Waals surface area contributed by atoms with Gasteiger partial charge >= 0.3 is 6.41 Å². The van der Waals surface area contributed by atoms with E-state index in [0.717, 1.165) is 13.0 Å². The standard InChI is InChI=1S/C6H12NO/c1-6(2)3-4-7-5-8/h6H,3-4H2,1-2H3,(H,7,8). The summed E-state index contributed by atoms with van der Waals surface area (Å²) >= 11 is 0. The minimum atomic E-state index is 0.663. The Labute approximate surface area is 50.3 Å². The molecule has 0 aliphatic heterocycles.